The van der Waals surface area contributed by atoms with Crippen molar-refractivity contribution in [1.29, 1.82) is 0 Å². The molecular formula is C36H50N8O6. The molecule has 1 fully saturated rings. The highest BCUT2D eigenvalue weighted by atomic mass is 16.2. The second-order valence-electron chi connectivity index (χ2n) is 12.3. The first-order chi connectivity index (χ1) is 24.0. The quantitative estimate of drug-likeness (QED) is 0.123. The number of carbonyl (C=O) groups excluding carboxylic acids is 6. The van der Waals surface area contributed by atoms with Gasteiger partial charge in [-0.1, -0.05) is 18.2 Å². The number of amides is 3. The van der Waals surface area contributed by atoms with Crippen LogP contribution in [0.2, 0.25) is 0 Å². The number of likely N-dealkylation sites (N-methyl/N-ethyl adjacent to an activating group) is 2. The minimum absolute atomic E-state index is 0.0929. The molecule has 1 saturated heterocycles. The summed E-state index contributed by atoms with van der Waals surface area (Å²) >= 11 is 0. The summed E-state index contributed by atoms with van der Waals surface area (Å²) in [4.78, 5) is 82.3. The number of allylic oxidation sites excluding steroid dienone is 2. The normalized spacial score (nSPS) is 18.8. The average Bonchev–Trinajstić information content (AvgIpc) is 3.46. The van der Waals surface area contributed by atoms with Crippen molar-refractivity contribution < 1.29 is 28.8 Å². The SMILES string of the molecule is C/C=C1/C(=O)N(C(C=O)CCC(=O)NC)C/C1=C(/C)NCC1=CN(C)C(CNc2cccc(C=O)c2CN(C)C(C=O)CCC(=O)NC)C=N1. The fourth-order valence-electron chi connectivity index (χ4n) is 5.90. The maximum atomic E-state index is 13.2. The molecule has 4 N–H and O–H groups in total. The molecule has 2 aliphatic heterocycles. The molecular weight excluding hydrogens is 640 g/mol. The van der Waals surface area contributed by atoms with Gasteiger partial charge in [-0.2, -0.15) is 0 Å². The van der Waals surface area contributed by atoms with Crippen molar-refractivity contribution in [2.24, 2.45) is 4.99 Å². The topological polar surface area (TPSA) is 173 Å². The van der Waals surface area contributed by atoms with Crippen LogP contribution in [0.1, 0.15) is 55.5 Å². The van der Waals surface area contributed by atoms with Crippen LogP contribution in [-0.4, -0.2) is 123 Å². The first-order valence-electron chi connectivity index (χ1n) is 16.7. The van der Waals surface area contributed by atoms with Gasteiger partial charge < -0.3 is 40.7 Å². The lowest BCUT2D eigenvalue weighted by molar-refractivity contribution is -0.131. The van der Waals surface area contributed by atoms with Crippen molar-refractivity contribution in [2.45, 2.75) is 64.2 Å². The fourth-order valence-corrected chi connectivity index (χ4v) is 5.90. The van der Waals surface area contributed by atoms with E-state index in [9.17, 15) is 28.8 Å². The fraction of sp³-hybridized carbons (Fsp3) is 0.472. The Kier molecular flexibility index (Phi) is 15.1. The van der Waals surface area contributed by atoms with Crippen molar-refractivity contribution in [3.63, 3.8) is 0 Å². The number of aliphatic imine (C=N–C) groups is 1. The van der Waals surface area contributed by atoms with Gasteiger partial charge in [0.2, 0.25) is 11.8 Å². The molecule has 3 unspecified atom stereocenters. The first kappa shape index (κ1) is 39.3. The van der Waals surface area contributed by atoms with Gasteiger partial charge in [0.1, 0.15) is 18.9 Å². The summed E-state index contributed by atoms with van der Waals surface area (Å²) in [7, 11) is 6.84. The Labute approximate surface area is 294 Å². The smallest absolute Gasteiger partial charge is 0.254 e. The number of nitrogens with zero attached hydrogens (tertiary/aromatic N) is 4. The van der Waals surface area contributed by atoms with Crippen LogP contribution in [0, 0.1) is 0 Å². The minimum Gasteiger partial charge on any atom is -0.383 e. The molecule has 2 aliphatic rings. The van der Waals surface area contributed by atoms with Crippen molar-refractivity contribution >= 4 is 48.5 Å². The van der Waals surface area contributed by atoms with Crippen LogP contribution < -0.4 is 21.3 Å². The molecule has 2 heterocycles. The van der Waals surface area contributed by atoms with Crippen LogP contribution in [0.3, 0.4) is 0 Å². The van der Waals surface area contributed by atoms with Gasteiger partial charge in [0.05, 0.1) is 30.4 Å². The maximum Gasteiger partial charge on any atom is 0.254 e. The van der Waals surface area contributed by atoms with Crippen LogP contribution >= 0.6 is 0 Å². The van der Waals surface area contributed by atoms with Gasteiger partial charge in [0.15, 0.2) is 0 Å². The maximum absolute atomic E-state index is 13.2. The molecule has 0 radical (unpaired) electrons. The van der Waals surface area contributed by atoms with E-state index in [1.54, 1.807) is 39.2 Å². The van der Waals surface area contributed by atoms with E-state index in [0.717, 1.165) is 47.1 Å². The van der Waals surface area contributed by atoms with Crippen molar-refractivity contribution in [1.82, 2.24) is 30.7 Å². The molecule has 0 bridgehead atoms. The summed E-state index contributed by atoms with van der Waals surface area (Å²) in [6.45, 7) is 5.17. The van der Waals surface area contributed by atoms with Crippen LogP contribution in [0.15, 0.2) is 58.0 Å². The molecule has 14 nitrogen and oxygen atoms in total. The van der Waals surface area contributed by atoms with Gasteiger partial charge in [0.25, 0.3) is 5.91 Å². The lowest BCUT2D eigenvalue weighted by Crippen LogP contribution is -2.38. The molecule has 0 spiro atoms. The largest absolute Gasteiger partial charge is 0.383 e. The number of hydrogen-bond donors (Lipinski definition) is 4. The highest BCUT2D eigenvalue weighted by Crippen LogP contribution is 2.28. The van der Waals surface area contributed by atoms with Crippen molar-refractivity contribution in [3.8, 4) is 0 Å². The highest BCUT2D eigenvalue weighted by Gasteiger charge is 2.36. The first-order valence-corrected chi connectivity index (χ1v) is 16.7. The molecule has 0 saturated carbocycles. The van der Waals surface area contributed by atoms with Crippen LogP contribution in [0.25, 0.3) is 0 Å². The monoisotopic (exact) mass is 690 g/mol. The van der Waals surface area contributed by atoms with Gasteiger partial charge in [-0.15, -0.1) is 0 Å². The summed E-state index contributed by atoms with van der Waals surface area (Å²) in [5, 5.41) is 11.9. The average molecular weight is 691 g/mol. The van der Waals surface area contributed by atoms with E-state index in [1.807, 2.05) is 42.3 Å². The van der Waals surface area contributed by atoms with E-state index in [0.29, 0.717) is 37.2 Å². The van der Waals surface area contributed by atoms with E-state index in [1.165, 1.54) is 11.9 Å². The Bertz CT molecular complexity index is 1550. The number of anilines is 1. The Morgan fingerprint density at radius 3 is 2.38 bits per heavy atom. The Morgan fingerprint density at radius 1 is 1.08 bits per heavy atom. The third kappa shape index (κ3) is 10.2. The Balaban J connectivity index is 1.63. The van der Waals surface area contributed by atoms with Gasteiger partial charge in [-0.25, -0.2) is 0 Å². The molecule has 14 heteroatoms. The van der Waals surface area contributed by atoms with Gasteiger partial charge in [-0.3, -0.25) is 29.1 Å². The molecule has 3 amide bonds. The van der Waals surface area contributed by atoms with E-state index < -0.39 is 12.1 Å². The molecule has 3 atom stereocenters. The summed E-state index contributed by atoms with van der Waals surface area (Å²) in [6.07, 6.45) is 8.87. The van der Waals surface area contributed by atoms with Crippen molar-refractivity contribution in [3.05, 3.63) is 64.1 Å². The molecule has 0 aromatic heterocycles. The van der Waals surface area contributed by atoms with Crippen LogP contribution in [0.5, 0.6) is 0 Å². The molecule has 1 aromatic rings. The minimum atomic E-state index is -0.698. The van der Waals surface area contributed by atoms with Crippen LogP contribution in [0.4, 0.5) is 5.69 Å². The van der Waals surface area contributed by atoms with E-state index in [2.05, 4.69) is 26.3 Å². The lowest BCUT2D eigenvalue weighted by atomic mass is 10.0. The molecule has 270 valence electrons. The summed E-state index contributed by atoms with van der Waals surface area (Å²) in [5.41, 5.74) is 4.94. The van der Waals surface area contributed by atoms with E-state index in [-0.39, 0.29) is 49.6 Å². The second-order valence-corrected chi connectivity index (χ2v) is 12.3. The molecule has 0 aliphatic carbocycles. The second kappa shape index (κ2) is 19.2. The zero-order valence-corrected chi connectivity index (χ0v) is 29.8. The lowest BCUT2D eigenvalue weighted by Gasteiger charge is -2.29. The van der Waals surface area contributed by atoms with Gasteiger partial charge in [0, 0.05) is 94.1 Å². The van der Waals surface area contributed by atoms with Gasteiger partial charge >= 0.3 is 0 Å². The van der Waals surface area contributed by atoms with Crippen molar-refractivity contribution in [2.75, 3.05) is 53.1 Å². The summed E-state index contributed by atoms with van der Waals surface area (Å²) in [6, 6.07) is 4.16. The Morgan fingerprint density at radius 2 is 1.78 bits per heavy atom. The summed E-state index contributed by atoms with van der Waals surface area (Å²) < 4.78 is 0. The number of likely N-dealkylation sites (tertiary alicyclic amines) is 1. The van der Waals surface area contributed by atoms with E-state index in [4.69, 9.17) is 0 Å². The number of rotatable bonds is 19. The number of benzene rings is 1. The zero-order valence-electron chi connectivity index (χ0n) is 29.8. The third-order valence-electron chi connectivity index (χ3n) is 9.13. The van der Waals surface area contributed by atoms with E-state index >= 15 is 0 Å². The predicted octanol–water partition coefficient (Wildman–Crippen LogP) is 1.41. The number of nitrogens with one attached hydrogen (secondary N) is 4. The zero-order chi connectivity index (χ0) is 36.8. The molecule has 3 rings (SSSR count). The number of hydrogen-bond acceptors (Lipinski definition) is 11. The van der Waals surface area contributed by atoms with Gasteiger partial charge in [-0.05, 0) is 45.4 Å². The standard InChI is InChI=1S/C36H50N8O6/c1-7-30-31(20-44(36(30)50)28(23-47)12-14-35(49)38-4)24(2)39-15-26-18-42(5)29(16-40-26)17-41-33-10-8-9-25(21-45)32(33)19-43(6)27(22-46)11-13-34(48)37-3/h7-10,16,18,21-23,27-29,39,41H,11-15,17,19-20H2,1-6H3,(H,37,48)(H,38,49)/b30-7+,31-24+. The Hall–Kier alpha value is -5.11. The summed E-state index contributed by atoms with van der Waals surface area (Å²) in [5.74, 6) is -0.561. The molecule has 50 heavy (non-hydrogen) atoms. The predicted molar refractivity (Wildman–Crippen MR) is 192 cm³/mol. The van der Waals surface area contributed by atoms with Crippen LogP contribution in [-0.2, 0) is 30.5 Å². The molecule has 1 aromatic carbocycles. The highest BCUT2D eigenvalue weighted by molar-refractivity contribution is 6.02. The number of carbonyl (C=O) groups is 6. The third-order valence-corrected chi connectivity index (χ3v) is 9.13. The number of aldehydes is 3.